The van der Waals surface area contributed by atoms with Crippen molar-refractivity contribution in [2.24, 2.45) is 0 Å². The van der Waals surface area contributed by atoms with Crippen LogP contribution in [0.2, 0.25) is 5.02 Å². The van der Waals surface area contributed by atoms with Crippen LogP contribution in [0, 0.1) is 0 Å². The van der Waals surface area contributed by atoms with Gasteiger partial charge in [-0.3, -0.25) is 9.59 Å². The number of hydrogen-bond acceptors (Lipinski definition) is 3. The third-order valence-electron chi connectivity index (χ3n) is 5.87. The van der Waals surface area contributed by atoms with E-state index in [0.717, 1.165) is 61.5 Å². The highest BCUT2D eigenvalue weighted by Gasteiger charge is 2.20. The number of nitrogens with one attached hydrogen (secondary N) is 1. The van der Waals surface area contributed by atoms with Gasteiger partial charge in [0.05, 0.1) is 0 Å². The standard InChI is InChI=1S/C25H31ClN2O2/c1-19(29)27-15-12-20-4-6-23(7-5-20)25(30)3-2-16-28-17-13-22(14-18-28)21-8-10-24(26)11-9-21/h4-11,22H,2-3,12-18H2,1H3,(H,27,29). The second-order valence-electron chi connectivity index (χ2n) is 8.12. The maximum absolute atomic E-state index is 12.5. The van der Waals surface area contributed by atoms with Crippen molar-refractivity contribution < 1.29 is 9.59 Å². The summed E-state index contributed by atoms with van der Waals surface area (Å²) >= 11 is 5.99. The van der Waals surface area contributed by atoms with E-state index in [2.05, 4.69) is 22.3 Å². The predicted octanol–water partition coefficient (Wildman–Crippen LogP) is 4.86. The van der Waals surface area contributed by atoms with Gasteiger partial charge in [-0.25, -0.2) is 0 Å². The smallest absolute Gasteiger partial charge is 0.216 e. The Morgan fingerprint density at radius 2 is 1.70 bits per heavy atom. The van der Waals surface area contributed by atoms with Crippen LogP contribution in [0.25, 0.3) is 0 Å². The minimum Gasteiger partial charge on any atom is -0.356 e. The van der Waals surface area contributed by atoms with Crippen molar-refractivity contribution in [1.82, 2.24) is 10.2 Å². The Kier molecular flexibility index (Phi) is 8.47. The van der Waals surface area contributed by atoms with E-state index in [1.807, 2.05) is 36.4 Å². The number of halogens is 1. The number of carbonyl (C=O) groups is 2. The van der Waals surface area contributed by atoms with E-state index in [-0.39, 0.29) is 11.7 Å². The molecule has 1 N–H and O–H groups in total. The quantitative estimate of drug-likeness (QED) is 0.582. The fourth-order valence-electron chi connectivity index (χ4n) is 4.07. The van der Waals surface area contributed by atoms with Crippen molar-refractivity contribution in [3.05, 3.63) is 70.2 Å². The number of rotatable bonds is 9. The number of nitrogens with zero attached hydrogens (tertiary/aromatic N) is 1. The minimum atomic E-state index is -0.0176. The topological polar surface area (TPSA) is 49.4 Å². The molecule has 1 aliphatic heterocycles. The number of likely N-dealkylation sites (tertiary alicyclic amines) is 1. The van der Waals surface area contributed by atoms with Gasteiger partial charge in [0.1, 0.15) is 0 Å². The van der Waals surface area contributed by atoms with Crippen molar-refractivity contribution in [2.75, 3.05) is 26.2 Å². The van der Waals surface area contributed by atoms with E-state index in [1.165, 1.54) is 12.5 Å². The van der Waals surface area contributed by atoms with Gasteiger partial charge >= 0.3 is 0 Å². The molecule has 1 aliphatic rings. The molecular weight excluding hydrogens is 396 g/mol. The molecule has 0 aromatic heterocycles. The summed E-state index contributed by atoms with van der Waals surface area (Å²) in [6.45, 7) is 5.30. The number of Topliss-reactive ketones (excluding diaryl/α,β-unsaturated/α-hetero) is 1. The van der Waals surface area contributed by atoms with Crippen molar-refractivity contribution >= 4 is 23.3 Å². The fraction of sp³-hybridized carbons (Fsp3) is 0.440. The molecule has 0 aliphatic carbocycles. The molecule has 0 unspecified atom stereocenters. The largest absolute Gasteiger partial charge is 0.356 e. The summed E-state index contributed by atoms with van der Waals surface area (Å²) in [6.07, 6.45) is 4.59. The lowest BCUT2D eigenvalue weighted by molar-refractivity contribution is -0.118. The first-order chi connectivity index (χ1) is 14.5. The molecule has 1 fully saturated rings. The minimum absolute atomic E-state index is 0.0176. The highest BCUT2D eigenvalue weighted by Crippen LogP contribution is 2.28. The Balaban J connectivity index is 1.35. The van der Waals surface area contributed by atoms with Gasteiger partial charge in [0.2, 0.25) is 5.91 Å². The van der Waals surface area contributed by atoms with Crippen molar-refractivity contribution in [3.8, 4) is 0 Å². The lowest BCUT2D eigenvalue weighted by Crippen LogP contribution is -2.33. The number of carbonyl (C=O) groups excluding carboxylic acids is 2. The SMILES string of the molecule is CC(=O)NCCc1ccc(C(=O)CCCN2CCC(c3ccc(Cl)cc3)CC2)cc1. The Bertz CT molecular complexity index is 825. The predicted molar refractivity (Wildman–Crippen MR) is 122 cm³/mol. The van der Waals surface area contributed by atoms with Gasteiger partial charge in [0, 0.05) is 30.5 Å². The zero-order valence-electron chi connectivity index (χ0n) is 17.7. The normalized spacial score (nSPS) is 15.1. The molecule has 0 radical (unpaired) electrons. The second kappa shape index (κ2) is 11.3. The zero-order valence-corrected chi connectivity index (χ0v) is 18.5. The van der Waals surface area contributed by atoms with Gasteiger partial charge in [-0.2, -0.15) is 0 Å². The Morgan fingerprint density at radius 3 is 2.33 bits per heavy atom. The van der Waals surface area contributed by atoms with Gasteiger partial charge < -0.3 is 10.2 Å². The van der Waals surface area contributed by atoms with Crippen LogP contribution < -0.4 is 5.32 Å². The van der Waals surface area contributed by atoms with Gasteiger partial charge in [-0.15, -0.1) is 0 Å². The molecule has 2 aromatic carbocycles. The molecule has 0 atom stereocenters. The molecule has 1 heterocycles. The summed E-state index contributed by atoms with van der Waals surface area (Å²) in [7, 11) is 0. The van der Waals surface area contributed by atoms with Crippen LogP contribution >= 0.6 is 11.6 Å². The molecule has 0 saturated carbocycles. The number of amides is 1. The summed E-state index contributed by atoms with van der Waals surface area (Å²) < 4.78 is 0. The van der Waals surface area contributed by atoms with E-state index in [9.17, 15) is 9.59 Å². The Hall–Kier alpha value is -2.17. The van der Waals surface area contributed by atoms with Crippen LogP contribution in [0.15, 0.2) is 48.5 Å². The number of ketones is 1. The van der Waals surface area contributed by atoms with Crippen LogP contribution in [0.3, 0.4) is 0 Å². The molecule has 3 rings (SSSR count). The Labute approximate surface area is 184 Å². The molecule has 4 nitrogen and oxygen atoms in total. The van der Waals surface area contributed by atoms with Crippen molar-refractivity contribution in [3.63, 3.8) is 0 Å². The molecule has 1 amide bonds. The molecule has 0 bridgehead atoms. The lowest BCUT2D eigenvalue weighted by atomic mass is 9.89. The van der Waals surface area contributed by atoms with Gasteiger partial charge in [0.15, 0.2) is 5.78 Å². The summed E-state index contributed by atoms with van der Waals surface area (Å²) in [5.74, 6) is 0.805. The van der Waals surface area contributed by atoms with E-state index in [4.69, 9.17) is 11.6 Å². The monoisotopic (exact) mass is 426 g/mol. The highest BCUT2D eigenvalue weighted by molar-refractivity contribution is 6.30. The van der Waals surface area contributed by atoms with Crippen LogP contribution in [0.1, 0.15) is 60.0 Å². The van der Waals surface area contributed by atoms with Crippen molar-refractivity contribution in [1.29, 1.82) is 0 Å². The summed E-state index contributed by atoms with van der Waals surface area (Å²) in [4.78, 5) is 25.9. The maximum atomic E-state index is 12.5. The maximum Gasteiger partial charge on any atom is 0.216 e. The van der Waals surface area contributed by atoms with Gasteiger partial charge in [-0.05, 0) is 74.5 Å². The van der Waals surface area contributed by atoms with E-state index in [0.29, 0.717) is 18.9 Å². The molecule has 160 valence electrons. The first-order valence-electron chi connectivity index (χ1n) is 10.9. The molecule has 0 spiro atoms. The number of hydrogen-bond donors (Lipinski definition) is 1. The summed E-state index contributed by atoms with van der Waals surface area (Å²) in [5, 5.41) is 3.58. The average molecular weight is 427 g/mol. The first kappa shape index (κ1) is 22.5. The molecule has 1 saturated heterocycles. The van der Waals surface area contributed by atoms with Crippen LogP contribution in [0.4, 0.5) is 0 Å². The van der Waals surface area contributed by atoms with E-state index >= 15 is 0 Å². The average Bonchev–Trinajstić information content (AvgIpc) is 2.75. The number of benzene rings is 2. The van der Waals surface area contributed by atoms with Gasteiger partial charge in [0.25, 0.3) is 0 Å². The van der Waals surface area contributed by atoms with E-state index in [1.54, 1.807) is 0 Å². The van der Waals surface area contributed by atoms with Crippen molar-refractivity contribution in [2.45, 2.75) is 44.9 Å². The van der Waals surface area contributed by atoms with Crippen LogP contribution in [0.5, 0.6) is 0 Å². The highest BCUT2D eigenvalue weighted by atomic mass is 35.5. The summed E-state index contributed by atoms with van der Waals surface area (Å²) in [6, 6.07) is 16.0. The zero-order chi connectivity index (χ0) is 21.3. The van der Waals surface area contributed by atoms with E-state index < -0.39 is 0 Å². The molecular formula is C25H31ClN2O2. The fourth-order valence-corrected chi connectivity index (χ4v) is 4.20. The second-order valence-corrected chi connectivity index (χ2v) is 8.56. The Morgan fingerprint density at radius 1 is 1.03 bits per heavy atom. The first-order valence-corrected chi connectivity index (χ1v) is 11.2. The lowest BCUT2D eigenvalue weighted by Gasteiger charge is -2.32. The molecule has 5 heteroatoms. The summed E-state index contributed by atoms with van der Waals surface area (Å²) in [5.41, 5.74) is 3.29. The third kappa shape index (κ3) is 6.96. The van der Waals surface area contributed by atoms with Crippen LogP contribution in [-0.2, 0) is 11.2 Å². The molecule has 2 aromatic rings. The van der Waals surface area contributed by atoms with Gasteiger partial charge in [-0.1, -0.05) is 48.0 Å². The third-order valence-corrected chi connectivity index (χ3v) is 6.12. The number of piperidine rings is 1. The molecule has 30 heavy (non-hydrogen) atoms. The van der Waals surface area contributed by atoms with Crippen LogP contribution in [-0.4, -0.2) is 42.8 Å².